The third-order valence-corrected chi connectivity index (χ3v) is 9.74. The van der Waals surface area contributed by atoms with E-state index in [0.717, 1.165) is 44.7 Å². The smallest absolute Gasteiger partial charge is 0.317 e. The summed E-state index contributed by atoms with van der Waals surface area (Å²) in [6, 6.07) is 6.84. The molecule has 5 unspecified atom stereocenters. The predicted molar refractivity (Wildman–Crippen MR) is 120 cm³/mol. The van der Waals surface area contributed by atoms with Crippen molar-refractivity contribution >= 4 is 22.0 Å². The van der Waals surface area contributed by atoms with Crippen molar-refractivity contribution in [3.8, 4) is 0 Å². The second-order valence-corrected chi connectivity index (χ2v) is 11.4. The molecule has 5 aliphatic rings. The molecule has 5 atom stereocenters. The Kier molecular flexibility index (Phi) is 4.41. The second kappa shape index (κ2) is 6.83. The van der Waals surface area contributed by atoms with E-state index in [-0.39, 0.29) is 24.1 Å². The van der Waals surface area contributed by atoms with Crippen LogP contribution in [0.2, 0.25) is 0 Å². The number of amides is 2. The summed E-state index contributed by atoms with van der Waals surface area (Å²) in [5.41, 5.74) is 3.50. The molecule has 1 aromatic rings. The Hall–Kier alpha value is -1.33. The molecule has 1 saturated heterocycles. The first-order valence-corrected chi connectivity index (χ1v) is 12.5. The molecule has 0 aromatic heterocycles. The molecule has 1 aliphatic heterocycles. The molecule has 4 nitrogen and oxygen atoms in total. The van der Waals surface area contributed by atoms with Gasteiger partial charge in [-0.3, -0.25) is 0 Å². The fraction of sp³-hybridized carbons (Fsp3) is 0.640. The molecule has 2 amide bonds. The van der Waals surface area contributed by atoms with Crippen molar-refractivity contribution in [2.45, 2.75) is 62.3 Å². The number of urea groups is 1. The zero-order valence-electron chi connectivity index (χ0n) is 17.4. The maximum absolute atomic E-state index is 13.1. The normalized spacial score (nSPS) is 37.2. The zero-order chi connectivity index (χ0) is 20.5. The van der Waals surface area contributed by atoms with Gasteiger partial charge >= 0.3 is 6.03 Å². The first kappa shape index (κ1) is 19.4. The average molecular weight is 471 g/mol. The van der Waals surface area contributed by atoms with Crippen LogP contribution in [0.15, 0.2) is 34.8 Å². The number of rotatable bonds is 3. The Labute approximate surface area is 187 Å². The maximum atomic E-state index is 13.1. The summed E-state index contributed by atoms with van der Waals surface area (Å²) in [6.45, 7) is 1.86. The van der Waals surface area contributed by atoms with E-state index >= 15 is 0 Å². The number of nitrogens with zero attached hydrogens (tertiary/aromatic N) is 1. The Morgan fingerprint density at radius 2 is 2.07 bits per heavy atom. The standard InChI is InChI=1S/C25H31BrN2O2/c26-20-3-1-2-19-16(5-11-29)13-24(22(19)20)7-9-28(10-8-24)23(30)27-21-4-6-25-14-17(21)12-18(25)15-25/h1-4,6,16-18,21,29H,5,7-15H2,(H,27,30). The van der Waals surface area contributed by atoms with E-state index in [1.807, 2.05) is 4.90 Å². The molecule has 4 aliphatic carbocycles. The van der Waals surface area contributed by atoms with Crippen LogP contribution >= 0.6 is 15.9 Å². The van der Waals surface area contributed by atoms with E-state index in [0.29, 0.717) is 17.3 Å². The van der Waals surface area contributed by atoms with Crippen molar-refractivity contribution in [1.82, 2.24) is 10.2 Å². The van der Waals surface area contributed by atoms with Crippen LogP contribution in [0, 0.1) is 17.3 Å². The van der Waals surface area contributed by atoms with Gasteiger partial charge in [0.15, 0.2) is 0 Å². The van der Waals surface area contributed by atoms with Gasteiger partial charge in [0.1, 0.15) is 0 Å². The van der Waals surface area contributed by atoms with E-state index < -0.39 is 0 Å². The average Bonchev–Trinajstić information content (AvgIpc) is 3.17. The number of nitrogens with one attached hydrogen (secondary N) is 1. The molecular formula is C25H31BrN2O2. The lowest BCUT2D eigenvalue weighted by atomic mass is 9.73. The first-order chi connectivity index (χ1) is 14.5. The molecule has 2 N–H and O–H groups in total. The van der Waals surface area contributed by atoms with Crippen molar-refractivity contribution in [2.24, 2.45) is 17.3 Å². The third kappa shape index (κ3) is 2.84. The number of fused-ring (bicyclic) bond motifs is 3. The highest BCUT2D eigenvalue weighted by atomic mass is 79.9. The van der Waals surface area contributed by atoms with Gasteiger partial charge in [0, 0.05) is 29.6 Å². The van der Waals surface area contributed by atoms with Gasteiger partial charge in [0.2, 0.25) is 0 Å². The van der Waals surface area contributed by atoms with Gasteiger partial charge in [-0.2, -0.15) is 0 Å². The van der Waals surface area contributed by atoms with Gasteiger partial charge in [-0.25, -0.2) is 4.79 Å². The predicted octanol–water partition coefficient (Wildman–Crippen LogP) is 4.72. The van der Waals surface area contributed by atoms with Crippen LogP contribution in [0.4, 0.5) is 4.79 Å². The molecule has 2 saturated carbocycles. The molecule has 5 heteroatoms. The largest absolute Gasteiger partial charge is 0.396 e. The van der Waals surface area contributed by atoms with Crippen molar-refractivity contribution in [2.75, 3.05) is 19.7 Å². The zero-order valence-corrected chi connectivity index (χ0v) is 19.0. The van der Waals surface area contributed by atoms with Crippen LogP contribution in [-0.2, 0) is 5.41 Å². The van der Waals surface area contributed by atoms with E-state index in [1.165, 1.54) is 34.9 Å². The molecule has 30 heavy (non-hydrogen) atoms. The van der Waals surface area contributed by atoms with Gasteiger partial charge in [-0.05, 0) is 85.3 Å². The Morgan fingerprint density at radius 1 is 1.23 bits per heavy atom. The summed E-state index contributed by atoms with van der Waals surface area (Å²) in [6.07, 6.45) is 12.6. The molecule has 6 rings (SSSR count). The topological polar surface area (TPSA) is 52.6 Å². The Balaban J connectivity index is 1.14. The number of aliphatic hydroxyl groups excluding tert-OH is 1. The Morgan fingerprint density at radius 3 is 2.87 bits per heavy atom. The third-order valence-electron chi connectivity index (χ3n) is 9.08. The number of piperidine rings is 1. The van der Waals surface area contributed by atoms with Gasteiger partial charge in [-0.1, -0.05) is 40.2 Å². The number of hydrogen-bond donors (Lipinski definition) is 2. The molecular weight excluding hydrogens is 440 g/mol. The van der Waals surface area contributed by atoms with Crippen LogP contribution in [0.5, 0.6) is 0 Å². The van der Waals surface area contributed by atoms with Gasteiger partial charge in [-0.15, -0.1) is 0 Å². The number of aliphatic hydroxyl groups is 1. The molecule has 3 fully saturated rings. The monoisotopic (exact) mass is 470 g/mol. The highest BCUT2D eigenvalue weighted by molar-refractivity contribution is 9.10. The number of likely N-dealkylation sites (tertiary alicyclic amines) is 1. The molecule has 1 heterocycles. The lowest BCUT2D eigenvalue weighted by Crippen LogP contribution is -2.51. The molecule has 0 radical (unpaired) electrons. The van der Waals surface area contributed by atoms with E-state index in [9.17, 15) is 9.90 Å². The van der Waals surface area contributed by atoms with Crippen LogP contribution in [0.25, 0.3) is 0 Å². The number of benzene rings is 1. The summed E-state index contributed by atoms with van der Waals surface area (Å²) in [4.78, 5) is 15.1. The number of halogens is 1. The van der Waals surface area contributed by atoms with Crippen molar-refractivity contribution < 1.29 is 9.90 Å². The van der Waals surface area contributed by atoms with E-state index in [4.69, 9.17) is 0 Å². The molecule has 2 spiro atoms. The van der Waals surface area contributed by atoms with Crippen molar-refractivity contribution in [3.05, 3.63) is 46.0 Å². The number of allylic oxidation sites excluding steroid dienone is 1. The Bertz CT molecular complexity index is 906. The van der Waals surface area contributed by atoms with Crippen LogP contribution in [-0.4, -0.2) is 41.8 Å². The quantitative estimate of drug-likeness (QED) is 0.628. The van der Waals surface area contributed by atoms with Gasteiger partial charge < -0.3 is 15.3 Å². The van der Waals surface area contributed by atoms with Crippen LogP contribution in [0.1, 0.15) is 62.0 Å². The number of carbonyl (C=O) groups is 1. The maximum Gasteiger partial charge on any atom is 0.317 e. The number of carbonyl (C=O) groups excluding carboxylic acids is 1. The van der Waals surface area contributed by atoms with Crippen LogP contribution in [0.3, 0.4) is 0 Å². The lowest BCUT2D eigenvalue weighted by molar-refractivity contribution is 0.148. The van der Waals surface area contributed by atoms with Gasteiger partial charge in [0.05, 0.1) is 6.04 Å². The van der Waals surface area contributed by atoms with E-state index in [2.05, 4.69) is 51.6 Å². The van der Waals surface area contributed by atoms with Gasteiger partial charge in [0.25, 0.3) is 0 Å². The first-order valence-electron chi connectivity index (χ1n) is 11.7. The fourth-order valence-electron chi connectivity index (χ4n) is 7.43. The molecule has 2 bridgehead atoms. The second-order valence-electron chi connectivity index (χ2n) is 10.6. The summed E-state index contributed by atoms with van der Waals surface area (Å²) < 4.78 is 1.19. The summed E-state index contributed by atoms with van der Waals surface area (Å²) >= 11 is 3.81. The number of hydrogen-bond acceptors (Lipinski definition) is 2. The SMILES string of the molecule is O=C(NC1C=CC23CC1CC2C3)N1CCC2(CC1)CC(CCO)c1cccc(Br)c12. The van der Waals surface area contributed by atoms with Crippen molar-refractivity contribution in [3.63, 3.8) is 0 Å². The van der Waals surface area contributed by atoms with Crippen LogP contribution < -0.4 is 5.32 Å². The lowest BCUT2D eigenvalue weighted by Gasteiger charge is -2.41. The highest BCUT2D eigenvalue weighted by Crippen LogP contribution is 2.68. The van der Waals surface area contributed by atoms with Crippen molar-refractivity contribution in [1.29, 1.82) is 0 Å². The minimum Gasteiger partial charge on any atom is -0.396 e. The minimum absolute atomic E-state index is 0.119. The molecule has 1 aromatic carbocycles. The highest BCUT2D eigenvalue weighted by Gasteiger charge is 2.61. The summed E-state index contributed by atoms with van der Waals surface area (Å²) in [5.74, 6) is 1.96. The van der Waals surface area contributed by atoms with E-state index in [1.54, 1.807) is 0 Å². The molecule has 160 valence electrons. The fourth-order valence-corrected chi connectivity index (χ4v) is 8.23. The summed E-state index contributed by atoms with van der Waals surface area (Å²) in [7, 11) is 0. The summed E-state index contributed by atoms with van der Waals surface area (Å²) in [5, 5.41) is 12.9. The minimum atomic E-state index is 0.119.